The molecule has 0 saturated heterocycles. The number of para-hydroxylation sites is 1. The van der Waals surface area contributed by atoms with Crippen LogP contribution < -0.4 is 0 Å². The Morgan fingerprint density at radius 2 is 0.646 bits per heavy atom. The first-order valence-electron chi connectivity index (χ1n) is 29.9. The number of benzene rings is 10. The van der Waals surface area contributed by atoms with Gasteiger partial charge in [-0.1, -0.05) is 24.3 Å². The third-order valence-electron chi connectivity index (χ3n) is 15.9. The maximum absolute atomic E-state index is 13.4. The van der Waals surface area contributed by atoms with E-state index >= 15 is 0 Å². The van der Waals surface area contributed by atoms with E-state index in [1.54, 1.807) is 101 Å². The molecule has 0 amide bonds. The number of fused-ring (bicyclic) bond motifs is 5. The predicted octanol–water partition coefficient (Wildman–Crippen LogP) is 17.2. The van der Waals surface area contributed by atoms with Gasteiger partial charge in [0.05, 0.1) is 79.2 Å². The Hall–Kier alpha value is -13.3. The smallest absolute Gasteiger partial charge is 0.335 e. The number of aromatic carboxylic acids is 5. The van der Waals surface area contributed by atoms with Gasteiger partial charge in [0.15, 0.2) is 23.3 Å². The van der Waals surface area contributed by atoms with Crippen molar-refractivity contribution in [3.8, 4) is 28.4 Å². The molecule has 5 heterocycles. The summed E-state index contributed by atoms with van der Waals surface area (Å²) in [6.07, 6.45) is 8.74. The molecule has 0 aliphatic carbocycles. The van der Waals surface area contributed by atoms with Crippen LogP contribution in [0.1, 0.15) is 68.5 Å². The number of carboxylic acids is 5. The van der Waals surface area contributed by atoms with E-state index in [1.807, 2.05) is 80.2 Å². The van der Waals surface area contributed by atoms with Gasteiger partial charge in [-0.05, 0) is 207 Å². The third kappa shape index (κ3) is 14.5. The Labute approximate surface area is 557 Å². The zero-order valence-corrected chi connectivity index (χ0v) is 52.2. The highest BCUT2D eigenvalue weighted by molar-refractivity contribution is 5.98. The summed E-state index contributed by atoms with van der Waals surface area (Å²) in [5.74, 6) is -9.20. The second-order valence-electron chi connectivity index (χ2n) is 22.4. The predicted molar refractivity (Wildman–Crippen MR) is 361 cm³/mol. The van der Waals surface area contributed by atoms with Gasteiger partial charge in [0.1, 0.15) is 11.6 Å². The molecule has 0 unspecified atom stereocenters. The molecule has 0 spiro atoms. The van der Waals surface area contributed by atoms with Crippen molar-refractivity contribution in [2.24, 2.45) is 0 Å². The molecule has 0 bridgehead atoms. The van der Waals surface area contributed by atoms with E-state index in [0.717, 1.165) is 95.9 Å². The van der Waals surface area contributed by atoms with Crippen LogP contribution in [0.4, 0.5) is 26.3 Å². The van der Waals surface area contributed by atoms with Crippen LogP contribution in [0.25, 0.3) is 83.0 Å². The number of rotatable bonds is 10. The summed E-state index contributed by atoms with van der Waals surface area (Å²) < 4.78 is 87.5. The number of hydrogen-bond acceptors (Lipinski definition) is 7. The van der Waals surface area contributed by atoms with Gasteiger partial charge >= 0.3 is 29.8 Å². The van der Waals surface area contributed by atoms with E-state index in [0.29, 0.717) is 33.5 Å². The molecule has 0 aliphatic heterocycles. The molecular formula is C76H53F6N7O10. The lowest BCUT2D eigenvalue weighted by Crippen LogP contribution is -1.99. The van der Waals surface area contributed by atoms with Gasteiger partial charge in [-0.3, -0.25) is 0 Å². The minimum atomic E-state index is -1.03. The van der Waals surface area contributed by atoms with E-state index in [9.17, 15) is 50.3 Å². The van der Waals surface area contributed by atoms with E-state index in [-0.39, 0.29) is 33.9 Å². The average Bonchev–Trinajstić information content (AvgIpc) is 1.66. The summed E-state index contributed by atoms with van der Waals surface area (Å²) in [5, 5.41) is 57.2. The van der Waals surface area contributed by atoms with Crippen molar-refractivity contribution in [1.82, 2.24) is 33.3 Å². The lowest BCUT2D eigenvalue weighted by Gasteiger charge is -2.06. The normalized spacial score (nSPS) is 10.9. The summed E-state index contributed by atoms with van der Waals surface area (Å²) in [5.41, 5.74) is 11.4. The van der Waals surface area contributed by atoms with Crippen molar-refractivity contribution in [2.75, 3.05) is 0 Å². The molecule has 5 N–H and O–H groups in total. The SMILES string of the molecule is Cc1cn(-c2ccc(F)c(F)c2)c2ccc(C(=O)O)cc12.Cc1cn(-c2cccc(F)c2)c2ccc(C(=O)O)cc12.Cc1cn(-c2ccccc2)c2ccc(C(=O)O)cc12.O=C(O)c1ccc2c(cnn2-c2ccc(F)c(F)c2)c1.O=C(O)c1ccc2c(cnn2-c2ccc(F)cc2)c1. The van der Waals surface area contributed by atoms with Crippen LogP contribution in [0.2, 0.25) is 0 Å². The summed E-state index contributed by atoms with van der Waals surface area (Å²) >= 11 is 0. The van der Waals surface area contributed by atoms with E-state index in [1.165, 1.54) is 71.5 Å². The van der Waals surface area contributed by atoms with Crippen molar-refractivity contribution >= 4 is 84.4 Å². The standard InChI is InChI=1S/C16H11F2NO2.C16H12FNO2.C16H13NO2.C14H8F2N2O2.C14H9FN2O2/c1-9-8-19(11-3-4-13(17)14(18)7-11)15-5-2-10(16(20)21)6-12(9)15;1-10-9-18(13-4-2-3-12(17)8-13)15-6-5-11(16(19)20)7-14(10)15;1-11-10-17(13-5-3-2-4-6-13)15-8-7-12(16(18)19)9-14(11)15;15-11-3-2-10(6-12(11)16)18-13-4-1-8(14(19)20)5-9(13)7-17-18;15-11-2-4-12(5-3-11)17-13-6-1-9(14(18)19)7-10(13)8-16-17/h2-8H,1H3,(H,20,21);2-9H,1H3,(H,19,20);2-10H,1H3,(H,18,19);1-7H,(H,19,20);1-8H,(H,18,19). The van der Waals surface area contributed by atoms with Gasteiger partial charge in [-0.2, -0.15) is 10.2 Å². The van der Waals surface area contributed by atoms with Crippen LogP contribution in [0, 0.1) is 55.7 Å². The Morgan fingerprint density at radius 1 is 0.303 bits per heavy atom. The molecule has 0 aliphatic rings. The van der Waals surface area contributed by atoms with E-state index < -0.39 is 53.1 Å². The maximum atomic E-state index is 13.4. The fourth-order valence-corrected chi connectivity index (χ4v) is 11.0. The highest BCUT2D eigenvalue weighted by Crippen LogP contribution is 2.30. The van der Waals surface area contributed by atoms with Crippen LogP contribution in [0.15, 0.2) is 237 Å². The molecule has 23 heteroatoms. The largest absolute Gasteiger partial charge is 0.478 e. The summed E-state index contributed by atoms with van der Waals surface area (Å²) in [6.45, 7) is 5.74. The van der Waals surface area contributed by atoms with E-state index in [2.05, 4.69) is 14.8 Å². The van der Waals surface area contributed by atoms with Crippen LogP contribution in [-0.4, -0.2) is 88.6 Å². The molecule has 0 saturated carbocycles. The lowest BCUT2D eigenvalue weighted by atomic mass is 10.1. The van der Waals surface area contributed by atoms with Gasteiger partial charge in [0, 0.05) is 74.7 Å². The number of hydrogen-bond donors (Lipinski definition) is 5. The zero-order chi connectivity index (χ0) is 70.5. The van der Waals surface area contributed by atoms with Gasteiger partial charge in [0.25, 0.3) is 0 Å². The van der Waals surface area contributed by atoms with Gasteiger partial charge in [-0.15, -0.1) is 0 Å². The highest BCUT2D eigenvalue weighted by atomic mass is 19.2. The molecule has 0 atom stereocenters. The number of aryl methyl sites for hydroxylation is 3. The number of aromatic nitrogens is 7. The molecule has 5 aromatic heterocycles. The second-order valence-corrected chi connectivity index (χ2v) is 22.4. The quantitative estimate of drug-likeness (QED) is 0.0804. The van der Waals surface area contributed by atoms with Crippen molar-refractivity contribution in [2.45, 2.75) is 20.8 Å². The Balaban J connectivity index is 0.000000125. The van der Waals surface area contributed by atoms with Gasteiger partial charge in [-0.25, -0.2) is 59.7 Å². The number of carboxylic acid groups (broad SMARTS) is 5. The highest BCUT2D eigenvalue weighted by Gasteiger charge is 2.17. The summed E-state index contributed by atoms with van der Waals surface area (Å²) in [6, 6.07) is 53.5. The van der Waals surface area contributed by atoms with Crippen LogP contribution in [0.5, 0.6) is 0 Å². The van der Waals surface area contributed by atoms with Crippen LogP contribution in [-0.2, 0) is 0 Å². The molecule has 17 nitrogen and oxygen atoms in total. The monoisotopic (exact) mass is 1340 g/mol. The fraction of sp³-hybridized carbons (Fsp3) is 0.0395. The fourth-order valence-electron chi connectivity index (χ4n) is 11.0. The maximum Gasteiger partial charge on any atom is 0.335 e. The first-order valence-corrected chi connectivity index (χ1v) is 29.9. The Kier molecular flexibility index (Phi) is 19.2. The Bertz CT molecular complexity index is 5640. The molecule has 0 radical (unpaired) electrons. The van der Waals surface area contributed by atoms with Gasteiger partial charge in [0.2, 0.25) is 0 Å². The summed E-state index contributed by atoms with van der Waals surface area (Å²) in [4.78, 5) is 54.8. The molecule has 15 aromatic rings. The zero-order valence-electron chi connectivity index (χ0n) is 52.2. The third-order valence-corrected chi connectivity index (χ3v) is 15.9. The number of carbonyl (C=O) groups is 5. The van der Waals surface area contributed by atoms with Crippen molar-refractivity contribution in [1.29, 1.82) is 0 Å². The van der Waals surface area contributed by atoms with Crippen molar-refractivity contribution < 1.29 is 75.8 Å². The molecule has 15 rings (SSSR count). The lowest BCUT2D eigenvalue weighted by molar-refractivity contribution is 0.0686. The minimum absolute atomic E-state index is 0.141. The Morgan fingerprint density at radius 3 is 1.05 bits per heavy atom. The number of nitrogens with zero attached hydrogens (tertiary/aromatic N) is 7. The van der Waals surface area contributed by atoms with Crippen molar-refractivity contribution in [3.63, 3.8) is 0 Å². The molecule has 494 valence electrons. The first kappa shape index (κ1) is 67.1. The van der Waals surface area contributed by atoms with Crippen molar-refractivity contribution in [3.05, 3.63) is 317 Å². The minimum Gasteiger partial charge on any atom is -0.478 e. The molecular weight excluding hydrogens is 1280 g/mol. The van der Waals surface area contributed by atoms with Crippen LogP contribution >= 0.6 is 0 Å². The molecule has 0 fully saturated rings. The average molecular weight is 1340 g/mol. The first-order chi connectivity index (χ1) is 47.4. The second kappa shape index (κ2) is 28.3. The van der Waals surface area contributed by atoms with Crippen LogP contribution in [0.3, 0.4) is 0 Å². The number of halogens is 6. The van der Waals surface area contributed by atoms with E-state index in [4.69, 9.17) is 25.5 Å². The molecule has 10 aromatic carbocycles. The van der Waals surface area contributed by atoms with Gasteiger partial charge < -0.3 is 39.2 Å². The molecule has 99 heavy (non-hydrogen) atoms. The summed E-state index contributed by atoms with van der Waals surface area (Å²) in [7, 11) is 0. The topological polar surface area (TPSA) is 237 Å².